The molecule has 0 aromatic heterocycles. The Morgan fingerprint density at radius 3 is 2.18 bits per heavy atom. The van der Waals surface area contributed by atoms with Gasteiger partial charge in [0.15, 0.2) is 0 Å². The van der Waals surface area contributed by atoms with E-state index in [9.17, 15) is 14.4 Å². The Kier molecular flexibility index (Phi) is 7.17. The Labute approximate surface area is 198 Å². The quantitative estimate of drug-likeness (QED) is 0.496. The van der Waals surface area contributed by atoms with Gasteiger partial charge in [0.25, 0.3) is 0 Å². The van der Waals surface area contributed by atoms with Crippen LogP contribution in [0.3, 0.4) is 0 Å². The number of carboxylic acid groups (broad SMARTS) is 1. The Morgan fingerprint density at radius 1 is 1.03 bits per heavy atom. The first-order chi connectivity index (χ1) is 16.4. The van der Waals surface area contributed by atoms with Gasteiger partial charge in [0.2, 0.25) is 5.91 Å². The van der Waals surface area contributed by atoms with Crippen LogP contribution in [0.1, 0.15) is 42.7 Å². The fourth-order valence-corrected chi connectivity index (χ4v) is 5.01. The summed E-state index contributed by atoms with van der Waals surface area (Å²) in [7, 11) is 0. The summed E-state index contributed by atoms with van der Waals surface area (Å²) in [5.41, 5.74) is 4.19. The topological polar surface area (TPSA) is 116 Å². The van der Waals surface area contributed by atoms with Gasteiger partial charge in [-0.1, -0.05) is 55.0 Å². The van der Waals surface area contributed by atoms with Crippen molar-refractivity contribution in [2.45, 2.75) is 31.6 Å². The van der Waals surface area contributed by atoms with Gasteiger partial charge in [-0.3, -0.25) is 9.59 Å². The second-order valence-electron chi connectivity index (χ2n) is 9.14. The van der Waals surface area contributed by atoms with E-state index in [0.717, 1.165) is 46.4 Å². The van der Waals surface area contributed by atoms with Crippen molar-refractivity contribution in [2.75, 3.05) is 32.8 Å². The fraction of sp³-hybridized carbons (Fsp3) is 0.423. The molecule has 2 aliphatic rings. The van der Waals surface area contributed by atoms with Crippen molar-refractivity contribution in [3.8, 4) is 11.1 Å². The monoisotopic (exact) mass is 466 g/mol. The lowest BCUT2D eigenvalue weighted by atomic mass is 9.66. The number of aliphatic carboxylic acids is 1. The zero-order chi connectivity index (χ0) is 24.1. The van der Waals surface area contributed by atoms with Crippen LogP contribution in [0.15, 0.2) is 48.5 Å². The van der Waals surface area contributed by atoms with E-state index in [4.69, 9.17) is 14.9 Å². The molecule has 1 saturated carbocycles. The molecule has 3 N–H and O–H groups in total. The number of aliphatic hydroxyl groups excluding tert-OH is 1. The summed E-state index contributed by atoms with van der Waals surface area (Å²) in [5, 5.41) is 21.0. The maximum absolute atomic E-state index is 12.7. The van der Waals surface area contributed by atoms with Crippen molar-refractivity contribution in [1.82, 2.24) is 10.2 Å². The van der Waals surface area contributed by atoms with Crippen LogP contribution < -0.4 is 5.32 Å². The van der Waals surface area contributed by atoms with Crippen molar-refractivity contribution >= 4 is 18.0 Å². The number of amides is 2. The maximum Gasteiger partial charge on any atom is 0.407 e. The molecule has 0 atom stereocenters. The molecule has 0 saturated heterocycles. The molecule has 8 nitrogen and oxygen atoms in total. The highest BCUT2D eigenvalue weighted by atomic mass is 16.5. The fourth-order valence-electron chi connectivity index (χ4n) is 5.01. The van der Waals surface area contributed by atoms with Gasteiger partial charge in [-0.15, -0.1) is 0 Å². The molecule has 2 amide bonds. The summed E-state index contributed by atoms with van der Waals surface area (Å²) in [6.07, 6.45) is 2.08. The van der Waals surface area contributed by atoms with Gasteiger partial charge in [-0.05, 0) is 40.5 Å². The SMILES string of the molecule is O=C(O)CN(CCO)C(=O)CC1(CNC(=O)OCC2c3ccccc3-c3ccccc32)CCC1. The summed E-state index contributed by atoms with van der Waals surface area (Å²) in [4.78, 5) is 37.4. The zero-order valence-corrected chi connectivity index (χ0v) is 19.0. The number of aliphatic hydroxyl groups is 1. The third kappa shape index (κ3) is 5.07. The first-order valence-electron chi connectivity index (χ1n) is 11.6. The second-order valence-corrected chi connectivity index (χ2v) is 9.14. The molecule has 2 aliphatic carbocycles. The van der Waals surface area contributed by atoms with E-state index in [1.54, 1.807) is 0 Å². The number of ether oxygens (including phenoxy) is 1. The molecule has 8 heteroatoms. The van der Waals surface area contributed by atoms with Crippen LogP contribution in [0, 0.1) is 5.41 Å². The molecule has 0 radical (unpaired) electrons. The Morgan fingerprint density at radius 2 is 1.65 bits per heavy atom. The number of alkyl carbamates (subject to hydrolysis) is 1. The molecule has 1 fully saturated rings. The number of rotatable bonds is 10. The number of hydrogen-bond donors (Lipinski definition) is 3. The highest BCUT2D eigenvalue weighted by Gasteiger charge is 2.40. The average Bonchev–Trinajstić information content (AvgIpc) is 3.12. The third-order valence-electron chi connectivity index (χ3n) is 6.94. The molecular formula is C26H30N2O6. The summed E-state index contributed by atoms with van der Waals surface area (Å²) in [5.74, 6) is -1.48. The minimum atomic E-state index is -1.12. The van der Waals surface area contributed by atoms with Crippen molar-refractivity contribution in [2.24, 2.45) is 5.41 Å². The molecular weight excluding hydrogens is 436 g/mol. The summed E-state index contributed by atoms with van der Waals surface area (Å²) < 4.78 is 5.59. The summed E-state index contributed by atoms with van der Waals surface area (Å²) >= 11 is 0. The molecule has 0 aliphatic heterocycles. The summed E-state index contributed by atoms with van der Waals surface area (Å²) in [6.45, 7) is -0.273. The van der Waals surface area contributed by atoms with Gasteiger partial charge >= 0.3 is 12.1 Å². The number of carboxylic acids is 1. The lowest BCUT2D eigenvalue weighted by molar-refractivity contribution is -0.146. The van der Waals surface area contributed by atoms with E-state index in [-0.39, 0.29) is 44.5 Å². The average molecular weight is 467 g/mol. The van der Waals surface area contributed by atoms with E-state index in [0.29, 0.717) is 0 Å². The standard InChI is InChI=1S/C26H30N2O6/c29-13-12-28(15-24(31)32)23(30)14-26(10-5-11-26)17-27-25(33)34-16-22-20-8-3-1-6-18(20)19-7-2-4-9-21(19)22/h1-4,6-9,22,29H,5,10-17H2,(H,27,33)(H,31,32). The lowest BCUT2D eigenvalue weighted by Gasteiger charge is -2.42. The molecule has 180 valence electrons. The minimum Gasteiger partial charge on any atom is -0.480 e. The molecule has 0 spiro atoms. The molecule has 0 bridgehead atoms. The number of carbonyl (C=O) groups is 3. The summed E-state index contributed by atoms with van der Waals surface area (Å²) in [6, 6.07) is 16.3. The van der Waals surface area contributed by atoms with E-state index in [2.05, 4.69) is 29.6 Å². The van der Waals surface area contributed by atoms with Crippen LogP contribution in [0.4, 0.5) is 4.79 Å². The van der Waals surface area contributed by atoms with E-state index in [1.807, 2.05) is 24.3 Å². The van der Waals surface area contributed by atoms with Crippen LogP contribution in [0.25, 0.3) is 11.1 Å². The van der Waals surface area contributed by atoms with Crippen molar-refractivity contribution < 1.29 is 29.3 Å². The number of nitrogens with zero attached hydrogens (tertiary/aromatic N) is 1. The lowest BCUT2D eigenvalue weighted by Crippen LogP contribution is -2.47. The van der Waals surface area contributed by atoms with Crippen molar-refractivity contribution in [3.63, 3.8) is 0 Å². The van der Waals surface area contributed by atoms with E-state index in [1.165, 1.54) is 0 Å². The van der Waals surface area contributed by atoms with Gasteiger partial charge in [0.05, 0.1) is 6.61 Å². The molecule has 4 rings (SSSR count). The number of carbonyl (C=O) groups excluding carboxylic acids is 2. The number of hydrogen-bond acceptors (Lipinski definition) is 5. The minimum absolute atomic E-state index is 0.0268. The second kappa shape index (κ2) is 10.3. The van der Waals surface area contributed by atoms with Crippen molar-refractivity contribution in [1.29, 1.82) is 0 Å². The number of nitrogens with one attached hydrogen (secondary N) is 1. The predicted octanol–water partition coefficient (Wildman–Crippen LogP) is 2.99. The van der Waals surface area contributed by atoms with Crippen molar-refractivity contribution in [3.05, 3.63) is 59.7 Å². The molecule has 34 heavy (non-hydrogen) atoms. The van der Waals surface area contributed by atoms with Crippen LogP contribution in [0.5, 0.6) is 0 Å². The smallest absolute Gasteiger partial charge is 0.407 e. The van der Waals surface area contributed by atoms with E-state index >= 15 is 0 Å². The van der Waals surface area contributed by atoms with Crippen LogP contribution in [-0.2, 0) is 14.3 Å². The van der Waals surface area contributed by atoms with Gasteiger partial charge in [-0.2, -0.15) is 0 Å². The number of fused-ring (bicyclic) bond motifs is 3. The molecule has 2 aromatic rings. The first-order valence-corrected chi connectivity index (χ1v) is 11.6. The molecule has 0 unspecified atom stereocenters. The van der Waals surface area contributed by atoms with Crippen LogP contribution >= 0.6 is 0 Å². The Hall–Kier alpha value is -3.39. The first kappa shape index (κ1) is 23.8. The van der Waals surface area contributed by atoms with Gasteiger partial charge in [-0.25, -0.2) is 4.79 Å². The Bertz CT molecular complexity index is 1020. The van der Waals surface area contributed by atoms with Crippen LogP contribution in [-0.4, -0.2) is 65.9 Å². The highest BCUT2D eigenvalue weighted by molar-refractivity contribution is 5.82. The number of benzene rings is 2. The highest BCUT2D eigenvalue weighted by Crippen LogP contribution is 2.45. The Balaban J connectivity index is 1.33. The van der Waals surface area contributed by atoms with Gasteiger partial charge in [0.1, 0.15) is 13.2 Å². The molecule has 2 aromatic carbocycles. The predicted molar refractivity (Wildman–Crippen MR) is 125 cm³/mol. The maximum atomic E-state index is 12.7. The van der Waals surface area contributed by atoms with Gasteiger partial charge < -0.3 is 25.2 Å². The van der Waals surface area contributed by atoms with Crippen LogP contribution in [0.2, 0.25) is 0 Å². The normalized spacial score (nSPS) is 15.6. The third-order valence-corrected chi connectivity index (χ3v) is 6.94. The molecule has 0 heterocycles. The largest absolute Gasteiger partial charge is 0.480 e. The zero-order valence-electron chi connectivity index (χ0n) is 19.0. The van der Waals surface area contributed by atoms with E-state index < -0.39 is 24.0 Å². The van der Waals surface area contributed by atoms with Gasteiger partial charge in [0, 0.05) is 25.4 Å².